The minimum Gasteiger partial charge on any atom is -0.361 e. The summed E-state index contributed by atoms with van der Waals surface area (Å²) in [6.45, 7) is 5.23. The molecule has 0 bridgehead atoms. The summed E-state index contributed by atoms with van der Waals surface area (Å²) in [6, 6.07) is 0.237. The molecule has 0 fully saturated rings. The molecule has 1 heterocycles. The first kappa shape index (κ1) is 13.7. The van der Waals surface area contributed by atoms with E-state index in [0.29, 0.717) is 11.7 Å². The Kier molecular flexibility index (Phi) is 5.15. The van der Waals surface area contributed by atoms with Gasteiger partial charge in [0.05, 0.1) is 0 Å². The predicted molar refractivity (Wildman–Crippen MR) is 70.3 cm³/mol. The molecule has 5 heteroatoms. The number of nitrogens with zero attached hydrogens (tertiary/aromatic N) is 2. The van der Waals surface area contributed by atoms with Gasteiger partial charge in [0.1, 0.15) is 0 Å². The van der Waals surface area contributed by atoms with Crippen LogP contribution in [0.3, 0.4) is 0 Å². The zero-order valence-electron chi connectivity index (χ0n) is 11.0. The van der Waals surface area contributed by atoms with Crippen LogP contribution in [0.15, 0.2) is 17.2 Å². The van der Waals surface area contributed by atoms with Crippen molar-refractivity contribution in [2.24, 2.45) is 5.92 Å². The minimum atomic E-state index is -0.167. The highest BCUT2D eigenvalue weighted by molar-refractivity contribution is 5.31. The van der Waals surface area contributed by atoms with E-state index in [2.05, 4.69) is 34.0 Å². The van der Waals surface area contributed by atoms with Crippen LogP contribution in [-0.4, -0.2) is 41.5 Å². The minimum absolute atomic E-state index is 0.167. The fraction of sp³-hybridized carbons (Fsp3) is 0.667. The van der Waals surface area contributed by atoms with E-state index in [-0.39, 0.29) is 11.6 Å². The van der Waals surface area contributed by atoms with Gasteiger partial charge in [-0.25, -0.2) is 4.98 Å². The molecule has 0 spiro atoms. The molecule has 1 atom stereocenters. The van der Waals surface area contributed by atoms with Gasteiger partial charge in [0.25, 0.3) is 5.56 Å². The summed E-state index contributed by atoms with van der Waals surface area (Å²) < 4.78 is 0. The molecule has 5 nitrogen and oxygen atoms in total. The van der Waals surface area contributed by atoms with Crippen LogP contribution in [0.4, 0.5) is 5.82 Å². The number of hydrogen-bond donors (Lipinski definition) is 2. The first-order valence-corrected chi connectivity index (χ1v) is 5.94. The van der Waals surface area contributed by atoms with E-state index in [1.807, 2.05) is 14.1 Å². The second-order valence-corrected chi connectivity index (χ2v) is 5.00. The van der Waals surface area contributed by atoms with Crippen molar-refractivity contribution in [1.82, 2.24) is 14.9 Å². The molecule has 1 aromatic rings. The van der Waals surface area contributed by atoms with E-state index in [0.717, 1.165) is 13.0 Å². The summed E-state index contributed by atoms with van der Waals surface area (Å²) in [5.74, 6) is 0.982. The van der Waals surface area contributed by atoms with Gasteiger partial charge in [-0.2, -0.15) is 0 Å². The lowest BCUT2D eigenvalue weighted by atomic mass is 10.0. The van der Waals surface area contributed by atoms with Gasteiger partial charge in [0, 0.05) is 25.0 Å². The Morgan fingerprint density at radius 2 is 2.18 bits per heavy atom. The number of anilines is 1. The molecule has 0 aliphatic rings. The third kappa shape index (κ3) is 4.99. The number of aromatic amines is 1. The third-order valence-corrected chi connectivity index (χ3v) is 2.39. The fourth-order valence-corrected chi connectivity index (χ4v) is 1.84. The van der Waals surface area contributed by atoms with Crippen LogP contribution in [0.5, 0.6) is 0 Å². The number of nitrogens with one attached hydrogen (secondary N) is 2. The first-order valence-electron chi connectivity index (χ1n) is 5.94. The monoisotopic (exact) mass is 238 g/mol. The summed E-state index contributed by atoms with van der Waals surface area (Å²) >= 11 is 0. The van der Waals surface area contributed by atoms with Crippen molar-refractivity contribution in [1.29, 1.82) is 0 Å². The number of aromatic nitrogens is 2. The SMILES string of the molecule is CC(C)CC(CN(C)C)Nc1ncc[nH]c1=O. The quantitative estimate of drug-likeness (QED) is 0.780. The normalized spacial score (nSPS) is 13.1. The molecule has 0 amide bonds. The molecule has 1 aromatic heterocycles. The molecular weight excluding hydrogens is 216 g/mol. The summed E-state index contributed by atoms with van der Waals surface area (Å²) in [5, 5.41) is 3.21. The molecule has 1 rings (SSSR count). The molecule has 0 aromatic carbocycles. The van der Waals surface area contributed by atoms with Gasteiger partial charge in [-0.15, -0.1) is 0 Å². The summed E-state index contributed by atoms with van der Waals surface area (Å²) in [4.78, 5) is 20.3. The summed E-state index contributed by atoms with van der Waals surface area (Å²) in [6.07, 6.45) is 4.14. The van der Waals surface area contributed by atoms with E-state index < -0.39 is 0 Å². The Bertz CT molecular complexity index is 376. The van der Waals surface area contributed by atoms with Gasteiger partial charge < -0.3 is 15.2 Å². The van der Waals surface area contributed by atoms with E-state index in [1.165, 1.54) is 6.20 Å². The smallest absolute Gasteiger partial charge is 0.290 e. The number of H-pyrrole nitrogens is 1. The van der Waals surface area contributed by atoms with Crippen LogP contribution in [0.25, 0.3) is 0 Å². The average Bonchev–Trinajstić information content (AvgIpc) is 2.19. The zero-order chi connectivity index (χ0) is 12.8. The van der Waals surface area contributed by atoms with Crippen molar-refractivity contribution in [3.63, 3.8) is 0 Å². The van der Waals surface area contributed by atoms with Crippen LogP contribution < -0.4 is 10.9 Å². The lowest BCUT2D eigenvalue weighted by Crippen LogP contribution is -2.35. The van der Waals surface area contributed by atoms with Crippen molar-refractivity contribution in [3.8, 4) is 0 Å². The average molecular weight is 238 g/mol. The maximum absolute atomic E-state index is 11.5. The lowest BCUT2D eigenvalue weighted by molar-refractivity contribution is 0.356. The topological polar surface area (TPSA) is 61.0 Å². The number of hydrogen-bond acceptors (Lipinski definition) is 4. The maximum Gasteiger partial charge on any atom is 0.290 e. The zero-order valence-corrected chi connectivity index (χ0v) is 11.0. The van der Waals surface area contributed by atoms with Crippen LogP contribution in [-0.2, 0) is 0 Å². The van der Waals surface area contributed by atoms with Crippen LogP contribution in [0, 0.1) is 5.92 Å². The molecule has 0 aliphatic carbocycles. The van der Waals surface area contributed by atoms with E-state index >= 15 is 0 Å². The molecule has 0 radical (unpaired) electrons. The second kappa shape index (κ2) is 6.39. The highest BCUT2D eigenvalue weighted by Crippen LogP contribution is 2.09. The Morgan fingerprint density at radius 3 is 2.71 bits per heavy atom. The van der Waals surface area contributed by atoms with Gasteiger partial charge >= 0.3 is 0 Å². The molecule has 2 N–H and O–H groups in total. The van der Waals surface area contributed by atoms with Gasteiger partial charge in [-0.1, -0.05) is 13.8 Å². The van der Waals surface area contributed by atoms with Crippen LogP contribution in [0.2, 0.25) is 0 Å². The largest absolute Gasteiger partial charge is 0.361 e. The second-order valence-electron chi connectivity index (χ2n) is 5.00. The third-order valence-electron chi connectivity index (χ3n) is 2.39. The molecule has 96 valence electrons. The van der Waals surface area contributed by atoms with E-state index in [1.54, 1.807) is 6.20 Å². The molecular formula is C12H22N4O. The Labute approximate surface area is 102 Å². The number of likely N-dealkylation sites (N-methyl/N-ethyl adjacent to an activating group) is 1. The van der Waals surface area contributed by atoms with Gasteiger partial charge in [-0.3, -0.25) is 4.79 Å². The first-order chi connectivity index (χ1) is 7.99. The Morgan fingerprint density at radius 1 is 1.47 bits per heavy atom. The van der Waals surface area contributed by atoms with Gasteiger partial charge in [0.15, 0.2) is 5.82 Å². The lowest BCUT2D eigenvalue weighted by Gasteiger charge is -2.23. The standard InChI is InChI=1S/C12H22N4O/c1-9(2)7-10(8-16(3)4)15-11-12(17)14-6-5-13-11/h5-6,9-10H,7-8H2,1-4H3,(H,13,15)(H,14,17). The molecule has 0 aliphatic heterocycles. The molecule has 0 saturated heterocycles. The highest BCUT2D eigenvalue weighted by Gasteiger charge is 2.13. The molecule has 17 heavy (non-hydrogen) atoms. The van der Waals surface area contributed by atoms with Gasteiger partial charge in [0.2, 0.25) is 0 Å². The van der Waals surface area contributed by atoms with Gasteiger partial charge in [-0.05, 0) is 26.4 Å². The molecule has 0 saturated carbocycles. The van der Waals surface area contributed by atoms with Crippen molar-refractivity contribution in [3.05, 3.63) is 22.7 Å². The van der Waals surface area contributed by atoms with E-state index in [9.17, 15) is 4.79 Å². The van der Waals surface area contributed by atoms with Crippen LogP contribution in [0.1, 0.15) is 20.3 Å². The molecule has 1 unspecified atom stereocenters. The van der Waals surface area contributed by atoms with Crippen molar-refractivity contribution >= 4 is 5.82 Å². The highest BCUT2D eigenvalue weighted by atomic mass is 16.1. The summed E-state index contributed by atoms with van der Waals surface area (Å²) in [7, 11) is 4.05. The Balaban J connectivity index is 2.72. The Hall–Kier alpha value is -1.36. The summed E-state index contributed by atoms with van der Waals surface area (Å²) in [5.41, 5.74) is -0.167. The van der Waals surface area contributed by atoms with E-state index in [4.69, 9.17) is 0 Å². The van der Waals surface area contributed by atoms with Crippen LogP contribution >= 0.6 is 0 Å². The fourth-order valence-electron chi connectivity index (χ4n) is 1.84. The van der Waals surface area contributed by atoms with Crippen molar-refractivity contribution in [2.75, 3.05) is 26.0 Å². The number of rotatable bonds is 6. The van der Waals surface area contributed by atoms with Crippen molar-refractivity contribution < 1.29 is 0 Å². The maximum atomic E-state index is 11.5. The van der Waals surface area contributed by atoms with Crippen molar-refractivity contribution in [2.45, 2.75) is 26.3 Å². The predicted octanol–water partition coefficient (Wildman–Crippen LogP) is 1.16.